The van der Waals surface area contributed by atoms with Crippen molar-refractivity contribution in [1.29, 1.82) is 0 Å². The lowest BCUT2D eigenvalue weighted by Gasteiger charge is -2.03. The number of fused-ring (bicyclic) bond motifs is 1. The molecule has 6 nitrogen and oxygen atoms in total. The van der Waals surface area contributed by atoms with Gasteiger partial charge in [0, 0.05) is 5.56 Å². The minimum atomic E-state index is -1.83. The number of rotatable bonds is 3. The molecular weight excluding hydrogens is 234 g/mol. The first-order chi connectivity index (χ1) is 7.70. The minimum Gasteiger partial charge on any atom is -0.454 e. The molecule has 1 aromatic carbocycles. The van der Waals surface area contributed by atoms with Crippen LogP contribution in [0.25, 0.3) is 0 Å². The number of nitrogens with one attached hydrogen (secondary N) is 1. The highest BCUT2D eigenvalue weighted by Crippen LogP contribution is 2.32. The highest BCUT2D eigenvalue weighted by Gasteiger charge is 2.16. The molecule has 0 aliphatic carbocycles. The van der Waals surface area contributed by atoms with Gasteiger partial charge in [-0.05, 0) is 18.2 Å². The molecule has 2 rings (SSSR count). The van der Waals surface area contributed by atoms with Crippen molar-refractivity contribution in [2.75, 3.05) is 13.9 Å². The van der Waals surface area contributed by atoms with Gasteiger partial charge in [0.25, 0.3) is 17.2 Å². The van der Waals surface area contributed by atoms with Gasteiger partial charge in [0.1, 0.15) is 0 Å². The zero-order valence-electron chi connectivity index (χ0n) is 8.39. The smallest absolute Gasteiger partial charge is 0.264 e. The number of amides is 1. The zero-order valence-corrected chi connectivity index (χ0v) is 9.21. The lowest BCUT2D eigenvalue weighted by atomic mass is 10.2. The van der Waals surface area contributed by atoms with E-state index in [9.17, 15) is 9.00 Å². The van der Waals surface area contributed by atoms with Gasteiger partial charge < -0.3 is 9.47 Å². The van der Waals surface area contributed by atoms with Crippen LogP contribution in [-0.2, 0) is 15.4 Å². The first kappa shape index (κ1) is 10.9. The predicted octanol–water partition coefficient (Wildman–Crippen LogP) is 0.370. The van der Waals surface area contributed by atoms with Gasteiger partial charge in [-0.2, -0.15) is 0 Å². The first-order valence-corrected chi connectivity index (χ1v) is 5.45. The van der Waals surface area contributed by atoms with E-state index < -0.39 is 17.2 Å². The maximum atomic E-state index is 11.5. The van der Waals surface area contributed by atoms with E-state index in [1.54, 1.807) is 12.1 Å². The normalized spacial score (nSPS) is 14.6. The van der Waals surface area contributed by atoms with Gasteiger partial charge in [-0.15, -0.1) is 0 Å². The van der Waals surface area contributed by atoms with Gasteiger partial charge >= 0.3 is 0 Å². The van der Waals surface area contributed by atoms with Crippen molar-refractivity contribution in [3.63, 3.8) is 0 Å². The Hall–Kier alpha value is -1.60. The topological polar surface area (TPSA) is 73.9 Å². The van der Waals surface area contributed by atoms with Crippen molar-refractivity contribution in [3.8, 4) is 11.5 Å². The summed E-state index contributed by atoms with van der Waals surface area (Å²) in [5, 5.41) is 0. The highest BCUT2D eigenvalue weighted by atomic mass is 32.2. The highest BCUT2D eigenvalue weighted by molar-refractivity contribution is 7.78. The van der Waals surface area contributed by atoms with Gasteiger partial charge in [0.05, 0.1) is 7.11 Å². The molecule has 0 unspecified atom stereocenters. The Morgan fingerprint density at radius 1 is 1.44 bits per heavy atom. The lowest BCUT2D eigenvalue weighted by Crippen LogP contribution is -2.26. The van der Waals surface area contributed by atoms with Crippen molar-refractivity contribution in [1.82, 2.24) is 4.72 Å². The summed E-state index contributed by atoms with van der Waals surface area (Å²) >= 11 is -1.83. The van der Waals surface area contributed by atoms with E-state index in [-0.39, 0.29) is 6.79 Å². The van der Waals surface area contributed by atoms with Crippen LogP contribution >= 0.6 is 0 Å². The summed E-state index contributed by atoms with van der Waals surface area (Å²) in [6, 6.07) is 4.69. The van der Waals surface area contributed by atoms with E-state index in [0.717, 1.165) is 0 Å². The molecule has 0 fully saturated rings. The standard InChI is InChI=1S/C9H9NO5S/c1-13-16(12)10-9(11)6-2-3-7-8(4-6)15-5-14-7/h2-4H,5H2,1H3,(H,10,11)/t16-/m0/s1. The van der Waals surface area contributed by atoms with Crippen molar-refractivity contribution in [2.45, 2.75) is 0 Å². The third-order valence-corrected chi connectivity index (χ3v) is 2.62. The van der Waals surface area contributed by atoms with Gasteiger partial charge in [-0.1, -0.05) is 0 Å². The van der Waals surface area contributed by atoms with Crippen LogP contribution in [0.15, 0.2) is 18.2 Å². The number of benzene rings is 1. The van der Waals surface area contributed by atoms with E-state index in [4.69, 9.17) is 9.47 Å². The molecule has 0 radical (unpaired) electrons. The number of hydrogen-bond donors (Lipinski definition) is 1. The number of carbonyl (C=O) groups is 1. The second-order valence-corrected chi connectivity index (χ2v) is 3.91. The molecule has 1 aliphatic heterocycles. The summed E-state index contributed by atoms with van der Waals surface area (Å²) in [5.41, 5.74) is 0.328. The Morgan fingerprint density at radius 3 is 2.94 bits per heavy atom. The fourth-order valence-electron chi connectivity index (χ4n) is 1.21. The van der Waals surface area contributed by atoms with Crippen LogP contribution in [-0.4, -0.2) is 24.0 Å². The molecular formula is C9H9NO5S. The molecule has 1 amide bonds. The van der Waals surface area contributed by atoms with E-state index in [2.05, 4.69) is 8.91 Å². The first-order valence-electron chi connectivity index (χ1n) is 4.37. The summed E-state index contributed by atoms with van der Waals surface area (Å²) in [7, 11) is 1.23. The Kier molecular flexibility index (Phi) is 3.07. The molecule has 1 heterocycles. The largest absolute Gasteiger partial charge is 0.454 e. The van der Waals surface area contributed by atoms with Crippen LogP contribution in [0.2, 0.25) is 0 Å². The van der Waals surface area contributed by atoms with E-state index in [0.29, 0.717) is 17.1 Å². The number of hydrogen-bond acceptors (Lipinski definition) is 5. The van der Waals surface area contributed by atoms with Crippen molar-refractivity contribution in [2.24, 2.45) is 0 Å². The number of ether oxygens (including phenoxy) is 2. The van der Waals surface area contributed by atoms with Crippen LogP contribution in [0.1, 0.15) is 10.4 Å². The monoisotopic (exact) mass is 243 g/mol. The third kappa shape index (κ3) is 2.15. The van der Waals surface area contributed by atoms with E-state index in [1.807, 2.05) is 0 Å². The molecule has 0 saturated heterocycles. The molecule has 1 N–H and O–H groups in total. The second kappa shape index (κ2) is 4.50. The van der Waals surface area contributed by atoms with Gasteiger partial charge in [0.2, 0.25) is 6.79 Å². The SMILES string of the molecule is CO[S@](=O)NC(=O)c1ccc2c(c1)OCO2. The Bertz CT molecular complexity index is 448. The fraction of sp³-hybridized carbons (Fsp3) is 0.222. The minimum absolute atomic E-state index is 0.143. The summed E-state index contributed by atoms with van der Waals surface area (Å²) in [5.74, 6) is 0.582. The molecule has 1 aromatic rings. The maximum Gasteiger partial charge on any atom is 0.264 e. The molecule has 16 heavy (non-hydrogen) atoms. The molecule has 0 saturated carbocycles. The van der Waals surface area contributed by atoms with Gasteiger partial charge in [-0.3, -0.25) is 8.98 Å². The van der Waals surface area contributed by atoms with Crippen molar-refractivity contribution < 1.29 is 22.7 Å². The summed E-state index contributed by atoms with van der Waals surface area (Å²) in [6.45, 7) is 0.143. The average Bonchev–Trinajstić information content (AvgIpc) is 2.75. The Balaban J connectivity index is 2.15. The fourth-order valence-corrected chi connectivity index (χ4v) is 1.57. The second-order valence-electron chi connectivity index (χ2n) is 2.90. The molecule has 7 heteroatoms. The van der Waals surface area contributed by atoms with Crippen molar-refractivity contribution in [3.05, 3.63) is 23.8 Å². The predicted molar refractivity (Wildman–Crippen MR) is 55.2 cm³/mol. The summed E-state index contributed by atoms with van der Waals surface area (Å²) in [4.78, 5) is 11.5. The van der Waals surface area contributed by atoms with Gasteiger partial charge in [-0.25, -0.2) is 8.93 Å². The maximum absolute atomic E-state index is 11.5. The number of carbonyl (C=O) groups excluding carboxylic acids is 1. The Morgan fingerprint density at radius 2 is 2.19 bits per heavy atom. The molecule has 86 valence electrons. The lowest BCUT2D eigenvalue weighted by molar-refractivity contribution is 0.0979. The van der Waals surface area contributed by atoms with Crippen LogP contribution in [0.4, 0.5) is 0 Å². The van der Waals surface area contributed by atoms with E-state index >= 15 is 0 Å². The average molecular weight is 243 g/mol. The van der Waals surface area contributed by atoms with Gasteiger partial charge in [0.15, 0.2) is 11.5 Å². The van der Waals surface area contributed by atoms with Crippen LogP contribution in [0.3, 0.4) is 0 Å². The summed E-state index contributed by atoms with van der Waals surface area (Å²) in [6.07, 6.45) is 0. The van der Waals surface area contributed by atoms with Crippen LogP contribution in [0.5, 0.6) is 11.5 Å². The molecule has 0 spiro atoms. The molecule has 0 aromatic heterocycles. The molecule has 1 aliphatic rings. The quantitative estimate of drug-likeness (QED) is 0.830. The van der Waals surface area contributed by atoms with Crippen LogP contribution in [0, 0.1) is 0 Å². The molecule has 1 atom stereocenters. The van der Waals surface area contributed by atoms with E-state index in [1.165, 1.54) is 13.2 Å². The zero-order chi connectivity index (χ0) is 11.5. The summed E-state index contributed by atoms with van der Waals surface area (Å²) < 4.78 is 27.7. The third-order valence-electron chi connectivity index (χ3n) is 1.96. The van der Waals surface area contributed by atoms with Crippen LogP contribution < -0.4 is 14.2 Å². The van der Waals surface area contributed by atoms with Crippen molar-refractivity contribution >= 4 is 17.2 Å². The molecule has 0 bridgehead atoms. The Labute approximate surface area is 94.3 Å².